The van der Waals surface area contributed by atoms with Crippen LogP contribution in [0.4, 0.5) is 11.4 Å². The lowest BCUT2D eigenvalue weighted by Crippen LogP contribution is -2.14. The summed E-state index contributed by atoms with van der Waals surface area (Å²) in [4.78, 5) is 17.1. The number of thioether (sulfide) groups is 1. The molecule has 8 heteroatoms. The monoisotopic (exact) mass is 415 g/mol. The van der Waals surface area contributed by atoms with Crippen LogP contribution in [-0.2, 0) is 9.84 Å². The van der Waals surface area contributed by atoms with Crippen LogP contribution in [0.25, 0.3) is 0 Å². The Bertz CT molecular complexity index is 1060. The molecular formula is C20H21N3O3S2. The minimum absolute atomic E-state index is 0.0106. The molecule has 2 aromatic rings. The van der Waals surface area contributed by atoms with Crippen molar-refractivity contribution < 1.29 is 13.2 Å². The first-order valence-corrected chi connectivity index (χ1v) is 11.7. The number of fused-ring (bicyclic) bond motifs is 1. The number of nitrogens with one attached hydrogen (secondary N) is 2. The highest BCUT2D eigenvalue weighted by molar-refractivity contribution is 8.15. The van der Waals surface area contributed by atoms with Crippen LogP contribution in [0.5, 0.6) is 0 Å². The number of aliphatic imine (C=N–C) groups is 1. The lowest BCUT2D eigenvalue weighted by atomic mass is 10.1. The van der Waals surface area contributed by atoms with Gasteiger partial charge in [0.25, 0.3) is 5.91 Å². The SMILES string of the molecule is Cc1cc(C)cc(NC(=O)c2cccc(NC3=N[C@@H]4CS(=O)(=O)C[C@H]4S3)c2)c1. The smallest absolute Gasteiger partial charge is 0.255 e. The number of hydrogen-bond donors (Lipinski definition) is 2. The first-order chi connectivity index (χ1) is 13.3. The molecule has 6 nitrogen and oxygen atoms in total. The lowest BCUT2D eigenvalue weighted by Gasteiger charge is -2.10. The zero-order valence-corrected chi connectivity index (χ0v) is 17.2. The summed E-state index contributed by atoms with van der Waals surface area (Å²) in [5.74, 6) is 0.112. The van der Waals surface area contributed by atoms with Crippen LogP contribution >= 0.6 is 11.8 Å². The molecule has 0 aromatic heterocycles. The molecule has 2 aromatic carbocycles. The highest BCUT2D eigenvalue weighted by Gasteiger charge is 2.42. The van der Waals surface area contributed by atoms with Crippen molar-refractivity contribution in [1.29, 1.82) is 0 Å². The van der Waals surface area contributed by atoms with Crippen molar-refractivity contribution in [2.24, 2.45) is 4.99 Å². The average Bonchev–Trinajstić information content (AvgIpc) is 3.06. The molecule has 0 spiro atoms. The van der Waals surface area contributed by atoms with E-state index in [9.17, 15) is 13.2 Å². The maximum Gasteiger partial charge on any atom is 0.255 e. The Hall–Kier alpha value is -2.32. The van der Waals surface area contributed by atoms with Gasteiger partial charge in [-0.05, 0) is 55.3 Å². The Kier molecular flexibility index (Phi) is 4.93. The molecule has 0 radical (unpaired) electrons. The van der Waals surface area contributed by atoms with Gasteiger partial charge in [0.2, 0.25) is 0 Å². The van der Waals surface area contributed by atoms with Gasteiger partial charge in [-0.2, -0.15) is 0 Å². The topological polar surface area (TPSA) is 87.6 Å². The maximum atomic E-state index is 12.6. The van der Waals surface area contributed by atoms with Crippen molar-refractivity contribution in [3.05, 3.63) is 59.2 Å². The van der Waals surface area contributed by atoms with Crippen molar-refractivity contribution in [1.82, 2.24) is 0 Å². The van der Waals surface area contributed by atoms with E-state index in [0.717, 1.165) is 22.5 Å². The molecule has 2 N–H and O–H groups in total. The molecule has 2 aliphatic heterocycles. The number of carbonyl (C=O) groups excluding carboxylic acids is 1. The summed E-state index contributed by atoms with van der Waals surface area (Å²) in [6.07, 6.45) is 0. The van der Waals surface area contributed by atoms with Crippen molar-refractivity contribution in [2.45, 2.75) is 25.1 Å². The van der Waals surface area contributed by atoms with Crippen molar-refractivity contribution in [3.63, 3.8) is 0 Å². The van der Waals surface area contributed by atoms with Gasteiger partial charge in [-0.15, -0.1) is 0 Å². The molecule has 0 bridgehead atoms. The second kappa shape index (κ2) is 7.25. The molecule has 146 valence electrons. The molecule has 1 fully saturated rings. The fraction of sp³-hybridized carbons (Fsp3) is 0.300. The van der Waals surface area contributed by atoms with Crippen molar-refractivity contribution in [2.75, 3.05) is 22.1 Å². The summed E-state index contributed by atoms with van der Waals surface area (Å²) >= 11 is 1.46. The van der Waals surface area contributed by atoms with Crippen LogP contribution in [0.15, 0.2) is 47.5 Å². The zero-order valence-electron chi connectivity index (χ0n) is 15.6. The van der Waals surface area contributed by atoms with E-state index in [0.29, 0.717) is 10.7 Å². The highest BCUT2D eigenvalue weighted by atomic mass is 32.2. The third-order valence-corrected chi connectivity index (χ3v) is 7.82. The number of sulfone groups is 1. The van der Waals surface area contributed by atoms with Gasteiger partial charge in [0.05, 0.1) is 17.5 Å². The molecule has 2 heterocycles. The van der Waals surface area contributed by atoms with Crippen LogP contribution in [0, 0.1) is 13.8 Å². The number of benzene rings is 2. The van der Waals surface area contributed by atoms with Gasteiger partial charge < -0.3 is 10.6 Å². The normalized spacial score (nSPS) is 22.4. The van der Waals surface area contributed by atoms with Crippen LogP contribution in [0.1, 0.15) is 21.5 Å². The largest absolute Gasteiger partial charge is 0.335 e. The van der Waals surface area contributed by atoms with E-state index in [-0.39, 0.29) is 28.7 Å². The Morgan fingerprint density at radius 3 is 2.54 bits per heavy atom. The molecule has 1 amide bonds. The summed E-state index contributed by atoms with van der Waals surface area (Å²) in [6.45, 7) is 3.99. The average molecular weight is 416 g/mol. The molecule has 2 atom stereocenters. The van der Waals surface area contributed by atoms with Gasteiger partial charge in [0.1, 0.15) is 0 Å². The highest BCUT2D eigenvalue weighted by Crippen LogP contribution is 2.34. The predicted octanol–water partition coefficient (Wildman–Crippen LogP) is 3.24. The number of amides is 1. The van der Waals surface area contributed by atoms with Gasteiger partial charge in [-0.3, -0.25) is 9.79 Å². The first kappa shape index (κ1) is 19.0. The Morgan fingerprint density at radius 1 is 1.07 bits per heavy atom. The lowest BCUT2D eigenvalue weighted by molar-refractivity contribution is 0.102. The van der Waals surface area contributed by atoms with Gasteiger partial charge >= 0.3 is 0 Å². The van der Waals surface area contributed by atoms with Gasteiger partial charge in [-0.1, -0.05) is 23.9 Å². The molecule has 1 saturated heterocycles. The van der Waals surface area contributed by atoms with Crippen molar-refractivity contribution in [3.8, 4) is 0 Å². The Morgan fingerprint density at radius 2 is 1.82 bits per heavy atom. The molecule has 4 rings (SSSR count). The fourth-order valence-corrected chi connectivity index (χ4v) is 7.20. The summed E-state index contributed by atoms with van der Waals surface area (Å²) in [5, 5.41) is 6.84. The molecule has 28 heavy (non-hydrogen) atoms. The van der Waals surface area contributed by atoms with Crippen LogP contribution in [-0.4, -0.2) is 42.3 Å². The number of carbonyl (C=O) groups is 1. The number of anilines is 2. The van der Waals surface area contributed by atoms with Crippen molar-refractivity contribution >= 4 is 44.0 Å². The second-order valence-electron chi connectivity index (χ2n) is 7.27. The van der Waals surface area contributed by atoms with Gasteiger partial charge in [0, 0.05) is 22.2 Å². The molecule has 2 aliphatic rings. The summed E-state index contributed by atoms with van der Waals surface area (Å²) in [5.41, 5.74) is 4.24. The van der Waals surface area contributed by atoms with E-state index in [2.05, 4.69) is 21.7 Å². The predicted molar refractivity (Wildman–Crippen MR) is 115 cm³/mol. The number of amidine groups is 1. The van der Waals surface area contributed by atoms with Crippen LogP contribution in [0.3, 0.4) is 0 Å². The quantitative estimate of drug-likeness (QED) is 0.804. The maximum absolute atomic E-state index is 12.6. The third-order valence-electron chi connectivity index (χ3n) is 4.67. The summed E-state index contributed by atoms with van der Waals surface area (Å²) < 4.78 is 23.3. The van der Waals surface area contributed by atoms with E-state index in [4.69, 9.17) is 0 Å². The number of rotatable bonds is 3. The third kappa shape index (κ3) is 4.23. The van der Waals surface area contributed by atoms with Gasteiger partial charge in [0.15, 0.2) is 15.0 Å². The van der Waals surface area contributed by atoms with E-state index in [1.54, 1.807) is 12.1 Å². The Balaban J connectivity index is 1.45. The molecule has 0 aliphatic carbocycles. The van der Waals surface area contributed by atoms with E-state index >= 15 is 0 Å². The van der Waals surface area contributed by atoms with Crippen LogP contribution in [0.2, 0.25) is 0 Å². The summed E-state index contributed by atoms with van der Waals surface area (Å²) in [6, 6.07) is 13.0. The number of nitrogens with zero attached hydrogens (tertiary/aromatic N) is 1. The minimum atomic E-state index is -2.96. The number of aryl methyl sites for hydroxylation is 2. The van der Waals surface area contributed by atoms with Gasteiger partial charge in [-0.25, -0.2) is 8.42 Å². The Labute approximate surface area is 168 Å². The minimum Gasteiger partial charge on any atom is -0.335 e. The second-order valence-corrected chi connectivity index (χ2v) is 10.7. The zero-order chi connectivity index (χ0) is 19.9. The fourth-order valence-electron chi connectivity index (χ4n) is 3.53. The van der Waals surface area contributed by atoms with E-state index in [1.807, 2.05) is 38.1 Å². The standard InChI is InChI=1S/C20H21N3O3S2/c1-12-6-13(2)8-16(7-12)21-19(24)14-4-3-5-15(9-14)22-20-23-17-10-28(25,26)11-18(17)27-20/h3-9,17-18H,10-11H2,1-2H3,(H,21,24)(H,22,23)/t17-,18-/m1/s1. The van der Waals surface area contributed by atoms with Crippen LogP contribution < -0.4 is 10.6 Å². The molecule has 0 saturated carbocycles. The van der Waals surface area contributed by atoms with E-state index in [1.165, 1.54) is 11.8 Å². The first-order valence-electron chi connectivity index (χ1n) is 8.99. The molecule has 0 unspecified atom stereocenters. The molecular weight excluding hydrogens is 394 g/mol. The number of hydrogen-bond acceptors (Lipinski definition) is 6. The summed E-state index contributed by atoms with van der Waals surface area (Å²) in [7, 11) is -2.96. The van der Waals surface area contributed by atoms with E-state index < -0.39 is 9.84 Å².